The summed E-state index contributed by atoms with van der Waals surface area (Å²) in [5.41, 5.74) is 10.7. The lowest BCUT2D eigenvalue weighted by atomic mass is 10.00. The number of hydrogen-bond donors (Lipinski definition) is 1. The molecule has 1 atom stereocenters. The van der Waals surface area contributed by atoms with Crippen LogP contribution in [-0.2, 0) is 7.05 Å². The number of aromatic nitrogens is 3. The SMILES string of the molecule is Cc1ccc(C(N)c2c(Br)nnn2C)cc1C. The van der Waals surface area contributed by atoms with Crippen molar-refractivity contribution >= 4 is 15.9 Å². The van der Waals surface area contributed by atoms with Crippen molar-refractivity contribution in [3.05, 3.63) is 45.2 Å². The lowest BCUT2D eigenvalue weighted by Crippen LogP contribution is -2.16. The van der Waals surface area contributed by atoms with Gasteiger partial charge >= 0.3 is 0 Å². The fourth-order valence-electron chi connectivity index (χ4n) is 1.78. The van der Waals surface area contributed by atoms with Crippen molar-refractivity contribution in [1.29, 1.82) is 0 Å². The highest BCUT2D eigenvalue weighted by Gasteiger charge is 2.18. The maximum Gasteiger partial charge on any atom is 0.153 e. The molecular weight excluding hydrogens is 280 g/mol. The molecule has 4 nitrogen and oxygen atoms in total. The van der Waals surface area contributed by atoms with Gasteiger partial charge in [-0.2, -0.15) is 0 Å². The molecule has 90 valence electrons. The van der Waals surface area contributed by atoms with E-state index in [-0.39, 0.29) is 6.04 Å². The van der Waals surface area contributed by atoms with Crippen LogP contribution in [0.1, 0.15) is 28.4 Å². The Morgan fingerprint density at radius 1 is 1.29 bits per heavy atom. The minimum Gasteiger partial charge on any atom is -0.319 e. The molecular formula is C12H15BrN4. The predicted octanol–water partition coefficient (Wildman–Crippen LogP) is 2.24. The van der Waals surface area contributed by atoms with Gasteiger partial charge < -0.3 is 5.73 Å². The first-order valence-corrected chi connectivity index (χ1v) is 6.18. The van der Waals surface area contributed by atoms with Gasteiger partial charge in [-0.3, -0.25) is 0 Å². The summed E-state index contributed by atoms with van der Waals surface area (Å²) in [6.45, 7) is 4.17. The summed E-state index contributed by atoms with van der Waals surface area (Å²) in [5, 5.41) is 7.89. The summed E-state index contributed by atoms with van der Waals surface area (Å²) in [7, 11) is 1.84. The third-order valence-electron chi connectivity index (χ3n) is 3.01. The van der Waals surface area contributed by atoms with Gasteiger partial charge in [-0.15, -0.1) is 5.10 Å². The van der Waals surface area contributed by atoms with Crippen molar-refractivity contribution in [1.82, 2.24) is 15.0 Å². The molecule has 0 aliphatic carbocycles. The van der Waals surface area contributed by atoms with E-state index in [1.807, 2.05) is 13.1 Å². The van der Waals surface area contributed by atoms with E-state index < -0.39 is 0 Å². The van der Waals surface area contributed by atoms with Crippen LogP contribution in [0, 0.1) is 13.8 Å². The van der Waals surface area contributed by atoms with Gasteiger partial charge in [0.25, 0.3) is 0 Å². The average Bonchev–Trinajstić information content (AvgIpc) is 2.62. The summed E-state index contributed by atoms with van der Waals surface area (Å²) in [6.07, 6.45) is 0. The number of rotatable bonds is 2. The van der Waals surface area contributed by atoms with Crippen molar-refractivity contribution in [2.24, 2.45) is 12.8 Å². The first kappa shape index (κ1) is 12.3. The summed E-state index contributed by atoms with van der Waals surface area (Å²) in [5.74, 6) is 0. The average molecular weight is 295 g/mol. The molecule has 1 aromatic heterocycles. The van der Waals surface area contributed by atoms with Gasteiger partial charge in [-0.25, -0.2) is 4.68 Å². The van der Waals surface area contributed by atoms with Crippen molar-refractivity contribution in [2.45, 2.75) is 19.9 Å². The number of nitrogens with two attached hydrogens (primary N) is 1. The third kappa shape index (κ3) is 2.25. The molecule has 0 aliphatic rings. The Morgan fingerprint density at radius 2 is 2.00 bits per heavy atom. The summed E-state index contributed by atoms with van der Waals surface area (Å²) >= 11 is 3.37. The topological polar surface area (TPSA) is 56.7 Å². The molecule has 0 aliphatic heterocycles. The molecule has 17 heavy (non-hydrogen) atoms. The number of nitrogens with zero attached hydrogens (tertiary/aromatic N) is 3. The highest BCUT2D eigenvalue weighted by atomic mass is 79.9. The van der Waals surface area contributed by atoms with E-state index in [2.05, 4.69) is 52.2 Å². The van der Waals surface area contributed by atoms with Crippen molar-refractivity contribution in [2.75, 3.05) is 0 Å². The molecule has 1 unspecified atom stereocenters. The Balaban J connectivity index is 2.43. The Hall–Kier alpha value is -1.20. The van der Waals surface area contributed by atoms with E-state index in [1.165, 1.54) is 11.1 Å². The van der Waals surface area contributed by atoms with Gasteiger partial charge in [0, 0.05) is 7.05 Å². The van der Waals surface area contributed by atoms with Gasteiger partial charge in [0.1, 0.15) is 0 Å². The van der Waals surface area contributed by atoms with E-state index in [0.717, 1.165) is 11.3 Å². The molecule has 0 amide bonds. The fraction of sp³-hybridized carbons (Fsp3) is 0.333. The second-order valence-corrected chi connectivity index (χ2v) is 4.96. The molecule has 0 saturated heterocycles. The molecule has 2 aromatic rings. The van der Waals surface area contributed by atoms with E-state index in [9.17, 15) is 0 Å². The molecule has 0 spiro atoms. The second kappa shape index (κ2) is 4.58. The van der Waals surface area contributed by atoms with Gasteiger partial charge in [-0.05, 0) is 46.5 Å². The zero-order chi connectivity index (χ0) is 12.6. The molecule has 2 rings (SSSR count). The predicted molar refractivity (Wildman–Crippen MR) is 70.6 cm³/mol. The molecule has 0 saturated carbocycles. The van der Waals surface area contributed by atoms with E-state index >= 15 is 0 Å². The Kier molecular flexibility index (Phi) is 3.31. The monoisotopic (exact) mass is 294 g/mol. The van der Waals surface area contributed by atoms with Crippen LogP contribution < -0.4 is 5.73 Å². The lowest BCUT2D eigenvalue weighted by Gasteiger charge is -2.14. The first-order chi connectivity index (χ1) is 8.00. The van der Waals surface area contributed by atoms with Gasteiger partial charge in [0.15, 0.2) is 4.60 Å². The van der Waals surface area contributed by atoms with E-state index in [4.69, 9.17) is 5.73 Å². The number of halogens is 1. The molecule has 1 aromatic carbocycles. The Bertz CT molecular complexity index is 528. The van der Waals surface area contributed by atoms with Gasteiger partial charge in [0.2, 0.25) is 0 Å². The molecule has 0 radical (unpaired) electrons. The highest BCUT2D eigenvalue weighted by molar-refractivity contribution is 9.10. The molecule has 1 heterocycles. The van der Waals surface area contributed by atoms with Crippen LogP contribution >= 0.6 is 15.9 Å². The standard InChI is InChI=1S/C12H15BrN4/c1-7-4-5-9(6-8(7)2)10(14)11-12(13)15-16-17(11)3/h4-6,10H,14H2,1-3H3. The lowest BCUT2D eigenvalue weighted by molar-refractivity contribution is 0.650. The largest absolute Gasteiger partial charge is 0.319 e. The zero-order valence-electron chi connectivity index (χ0n) is 10.1. The van der Waals surface area contributed by atoms with Crippen LogP contribution in [0.15, 0.2) is 22.8 Å². The van der Waals surface area contributed by atoms with Crippen LogP contribution in [0.4, 0.5) is 0 Å². The van der Waals surface area contributed by atoms with Crippen LogP contribution in [0.2, 0.25) is 0 Å². The quantitative estimate of drug-likeness (QED) is 0.924. The number of benzene rings is 1. The summed E-state index contributed by atoms with van der Waals surface area (Å²) < 4.78 is 2.40. The molecule has 0 fully saturated rings. The van der Waals surface area contributed by atoms with Crippen LogP contribution in [0.3, 0.4) is 0 Å². The summed E-state index contributed by atoms with van der Waals surface area (Å²) in [6, 6.07) is 6.03. The molecule has 0 bridgehead atoms. The zero-order valence-corrected chi connectivity index (χ0v) is 11.7. The van der Waals surface area contributed by atoms with Gasteiger partial charge in [-0.1, -0.05) is 23.4 Å². The minimum atomic E-state index is -0.219. The molecule has 5 heteroatoms. The normalized spacial score (nSPS) is 12.8. The molecule has 2 N–H and O–H groups in total. The number of hydrogen-bond acceptors (Lipinski definition) is 3. The van der Waals surface area contributed by atoms with Crippen LogP contribution in [-0.4, -0.2) is 15.0 Å². The van der Waals surface area contributed by atoms with Crippen LogP contribution in [0.25, 0.3) is 0 Å². The van der Waals surface area contributed by atoms with Crippen molar-refractivity contribution in [3.63, 3.8) is 0 Å². The number of aryl methyl sites for hydroxylation is 3. The maximum absolute atomic E-state index is 6.25. The van der Waals surface area contributed by atoms with Crippen LogP contribution in [0.5, 0.6) is 0 Å². The smallest absolute Gasteiger partial charge is 0.153 e. The van der Waals surface area contributed by atoms with Crippen molar-refractivity contribution in [3.8, 4) is 0 Å². The van der Waals surface area contributed by atoms with Crippen molar-refractivity contribution < 1.29 is 0 Å². The van der Waals surface area contributed by atoms with E-state index in [0.29, 0.717) is 4.60 Å². The fourth-order valence-corrected chi connectivity index (χ4v) is 2.36. The first-order valence-electron chi connectivity index (χ1n) is 5.38. The van der Waals surface area contributed by atoms with Gasteiger partial charge in [0.05, 0.1) is 11.7 Å². The third-order valence-corrected chi connectivity index (χ3v) is 3.58. The minimum absolute atomic E-state index is 0.219. The highest BCUT2D eigenvalue weighted by Crippen LogP contribution is 2.25. The maximum atomic E-state index is 6.25. The summed E-state index contributed by atoms with van der Waals surface area (Å²) in [4.78, 5) is 0. The second-order valence-electron chi connectivity index (χ2n) is 4.21. The Labute approximate surface area is 109 Å². The Morgan fingerprint density at radius 3 is 2.53 bits per heavy atom. The van der Waals surface area contributed by atoms with E-state index in [1.54, 1.807) is 4.68 Å².